The molecule has 1 atom stereocenters. The third-order valence-corrected chi connectivity index (χ3v) is 6.71. The van der Waals surface area contributed by atoms with Gasteiger partial charge in [0.15, 0.2) is 5.17 Å². The Morgan fingerprint density at radius 3 is 2.58 bits per heavy atom. The van der Waals surface area contributed by atoms with Gasteiger partial charge >= 0.3 is 5.97 Å². The molecule has 2 aromatic carbocycles. The van der Waals surface area contributed by atoms with Crippen LogP contribution in [0.15, 0.2) is 82.0 Å². The van der Waals surface area contributed by atoms with Gasteiger partial charge in [-0.05, 0) is 41.7 Å². The topological polar surface area (TPSA) is 89.5 Å². The van der Waals surface area contributed by atoms with Crippen LogP contribution in [0.4, 0.5) is 0 Å². The number of allylic oxidation sites excluding steroid dienone is 1. The molecule has 0 fully saturated rings. The van der Waals surface area contributed by atoms with Crippen molar-refractivity contribution >= 4 is 28.8 Å². The lowest BCUT2D eigenvalue weighted by molar-refractivity contribution is -0.136. The van der Waals surface area contributed by atoms with Gasteiger partial charge < -0.3 is 24.4 Å². The lowest BCUT2D eigenvalue weighted by atomic mass is 9.92. The van der Waals surface area contributed by atoms with E-state index in [2.05, 4.69) is 5.32 Å². The smallest absolute Gasteiger partial charge is 0.338 e. The summed E-state index contributed by atoms with van der Waals surface area (Å²) in [7, 11) is 2.97. The van der Waals surface area contributed by atoms with E-state index in [0.717, 1.165) is 22.2 Å². The molecule has 2 heterocycles. The summed E-state index contributed by atoms with van der Waals surface area (Å²) in [6.45, 7) is 2.70. The van der Waals surface area contributed by atoms with Gasteiger partial charge in [-0.3, -0.25) is 4.79 Å². The maximum absolute atomic E-state index is 13.0. The number of para-hydroxylation sites is 1. The molecule has 2 aliphatic rings. The van der Waals surface area contributed by atoms with Crippen LogP contribution in [0.2, 0.25) is 0 Å². The predicted molar refractivity (Wildman–Crippen MR) is 140 cm³/mol. The average Bonchev–Trinajstić information content (AvgIpc) is 3.32. The van der Waals surface area contributed by atoms with Crippen LogP contribution in [0.25, 0.3) is 0 Å². The quantitative estimate of drug-likeness (QED) is 0.376. The van der Waals surface area contributed by atoms with Crippen LogP contribution in [0, 0.1) is 0 Å². The highest BCUT2D eigenvalue weighted by atomic mass is 32.2. The highest BCUT2D eigenvalue weighted by molar-refractivity contribution is 8.16. The number of nitrogens with zero attached hydrogens (tertiary/aromatic N) is 2. The number of methoxy groups -OCH3 is 2. The number of hydrogen-bond donors (Lipinski definition) is 1. The molecule has 0 saturated carbocycles. The normalized spacial score (nSPS) is 16.6. The van der Waals surface area contributed by atoms with Crippen LogP contribution in [0.3, 0.4) is 0 Å². The number of carbonyl (C=O) groups excluding carboxylic acids is 2. The van der Waals surface area contributed by atoms with Crippen molar-refractivity contribution in [2.24, 2.45) is 4.99 Å². The molecule has 188 valence electrons. The molecule has 1 N–H and O–H groups in total. The van der Waals surface area contributed by atoms with Crippen molar-refractivity contribution < 1.29 is 23.8 Å². The minimum atomic E-state index is -0.495. The van der Waals surface area contributed by atoms with Gasteiger partial charge in [-0.25, -0.2) is 9.79 Å². The van der Waals surface area contributed by atoms with Crippen LogP contribution in [-0.2, 0) is 14.3 Å². The zero-order valence-corrected chi connectivity index (χ0v) is 21.3. The van der Waals surface area contributed by atoms with Crippen molar-refractivity contribution in [2.45, 2.75) is 25.8 Å². The van der Waals surface area contributed by atoms with Gasteiger partial charge in [0.1, 0.15) is 18.1 Å². The monoisotopic (exact) mass is 507 g/mol. The Hall–Kier alpha value is -3.72. The van der Waals surface area contributed by atoms with Crippen LogP contribution in [0.5, 0.6) is 11.5 Å². The number of thioether (sulfide) groups is 1. The first kappa shape index (κ1) is 25.4. The third-order valence-electron chi connectivity index (χ3n) is 5.82. The first-order chi connectivity index (χ1) is 17.5. The number of ether oxygens (including phenoxy) is 3. The summed E-state index contributed by atoms with van der Waals surface area (Å²) in [4.78, 5) is 32.5. The number of rotatable bonds is 10. The Balaban J connectivity index is 1.53. The number of benzene rings is 2. The van der Waals surface area contributed by atoms with Gasteiger partial charge in [0.25, 0.3) is 0 Å². The van der Waals surface area contributed by atoms with Crippen molar-refractivity contribution in [3.63, 3.8) is 0 Å². The van der Waals surface area contributed by atoms with E-state index in [1.807, 2.05) is 71.8 Å². The fraction of sp³-hybridized carbons (Fsp3) is 0.296. The van der Waals surface area contributed by atoms with Crippen LogP contribution in [-0.4, -0.2) is 49.3 Å². The van der Waals surface area contributed by atoms with Gasteiger partial charge in [-0.15, -0.1) is 0 Å². The van der Waals surface area contributed by atoms with Crippen LogP contribution in [0.1, 0.15) is 31.4 Å². The summed E-state index contributed by atoms with van der Waals surface area (Å²) in [6.07, 6.45) is 0.702. The lowest BCUT2D eigenvalue weighted by Gasteiger charge is -2.36. The molecule has 2 aromatic rings. The number of amides is 1. The van der Waals surface area contributed by atoms with Crippen molar-refractivity contribution in [3.8, 4) is 11.5 Å². The predicted octanol–water partition coefficient (Wildman–Crippen LogP) is 4.42. The molecule has 4 rings (SSSR count). The Morgan fingerprint density at radius 1 is 1.08 bits per heavy atom. The molecular formula is C27H29N3O5S. The molecule has 1 amide bonds. The molecule has 0 radical (unpaired) electrons. The van der Waals surface area contributed by atoms with E-state index < -0.39 is 12.0 Å². The molecule has 0 unspecified atom stereocenters. The Morgan fingerprint density at radius 2 is 1.86 bits per heavy atom. The number of carbonyl (C=O) groups is 2. The SMILES string of the molecule is CCC1=C(C(=O)OC)[C@H](c2cccc(OC)c2)N2C(CC(=O)NCCOc3ccccc3)=CSC2=N1. The molecule has 0 spiro atoms. The number of esters is 1. The minimum Gasteiger partial charge on any atom is -0.497 e. The summed E-state index contributed by atoms with van der Waals surface area (Å²) < 4.78 is 16.2. The van der Waals surface area contributed by atoms with Crippen molar-refractivity contribution in [2.75, 3.05) is 27.4 Å². The molecular weight excluding hydrogens is 478 g/mol. The number of hydrogen-bond acceptors (Lipinski definition) is 8. The fourth-order valence-corrected chi connectivity index (χ4v) is 5.08. The molecule has 0 saturated heterocycles. The Labute approximate surface area is 215 Å². The zero-order valence-electron chi connectivity index (χ0n) is 20.5. The standard InChI is InChI=1S/C27H29N3O5S/c1-4-22-24(26(32)34-3)25(18-9-8-12-21(15-18)33-2)30-19(17-36-27(30)29-22)16-23(31)28-13-14-35-20-10-6-5-7-11-20/h5-12,15,17,25H,4,13-14,16H2,1-3H3,(H,28,31)/t25-/m0/s1. The second kappa shape index (κ2) is 11.8. The van der Waals surface area contributed by atoms with E-state index in [1.54, 1.807) is 7.11 Å². The molecule has 9 heteroatoms. The minimum absolute atomic E-state index is 0.133. The maximum atomic E-state index is 13.0. The zero-order chi connectivity index (χ0) is 25.5. The third kappa shape index (κ3) is 5.57. The van der Waals surface area contributed by atoms with Crippen molar-refractivity contribution in [1.82, 2.24) is 10.2 Å². The largest absolute Gasteiger partial charge is 0.497 e. The van der Waals surface area contributed by atoms with Gasteiger partial charge in [0, 0.05) is 5.70 Å². The van der Waals surface area contributed by atoms with Crippen molar-refractivity contribution in [1.29, 1.82) is 0 Å². The maximum Gasteiger partial charge on any atom is 0.338 e. The fourth-order valence-electron chi connectivity index (χ4n) is 4.14. The highest BCUT2D eigenvalue weighted by Crippen LogP contribution is 2.45. The van der Waals surface area contributed by atoms with Gasteiger partial charge in [0.05, 0.1) is 44.5 Å². The van der Waals surface area contributed by atoms with Crippen LogP contribution < -0.4 is 14.8 Å². The van der Waals surface area contributed by atoms with E-state index >= 15 is 0 Å². The van der Waals surface area contributed by atoms with Gasteiger partial charge in [-0.2, -0.15) is 0 Å². The first-order valence-electron chi connectivity index (χ1n) is 11.7. The number of aliphatic imine (C=N–C) groups is 1. The molecule has 2 aliphatic heterocycles. The van der Waals surface area contributed by atoms with E-state index in [1.165, 1.54) is 18.9 Å². The van der Waals surface area contributed by atoms with E-state index in [9.17, 15) is 9.59 Å². The van der Waals surface area contributed by atoms with Gasteiger partial charge in [0.2, 0.25) is 5.91 Å². The Kier molecular flexibility index (Phi) is 8.32. The molecule has 8 nitrogen and oxygen atoms in total. The lowest BCUT2D eigenvalue weighted by Crippen LogP contribution is -2.38. The summed E-state index contributed by atoms with van der Waals surface area (Å²) in [5.41, 5.74) is 2.73. The number of amidine groups is 1. The molecule has 0 bridgehead atoms. The first-order valence-corrected chi connectivity index (χ1v) is 12.6. The second-order valence-electron chi connectivity index (χ2n) is 8.06. The average molecular weight is 508 g/mol. The second-order valence-corrected chi connectivity index (χ2v) is 8.90. The Bertz CT molecular complexity index is 1210. The van der Waals surface area contributed by atoms with Gasteiger partial charge in [-0.1, -0.05) is 49.0 Å². The summed E-state index contributed by atoms with van der Waals surface area (Å²) in [6, 6.07) is 16.5. The summed E-state index contributed by atoms with van der Waals surface area (Å²) >= 11 is 1.44. The highest BCUT2D eigenvalue weighted by Gasteiger charge is 2.41. The number of fused-ring (bicyclic) bond motifs is 1. The van der Waals surface area contributed by atoms with E-state index in [4.69, 9.17) is 19.2 Å². The summed E-state index contributed by atoms with van der Waals surface area (Å²) in [5, 5.41) is 5.55. The molecule has 0 aliphatic carbocycles. The molecule has 36 heavy (non-hydrogen) atoms. The van der Waals surface area contributed by atoms with Crippen LogP contribution >= 0.6 is 11.8 Å². The van der Waals surface area contributed by atoms with E-state index in [0.29, 0.717) is 36.6 Å². The van der Waals surface area contributed by atoms with E-state index in [-0.39, 0.29) is 12.3 Å². The van der Waals surface area contributed by atoms with Crippen molar-refractivity contribution in [3.05, 3.63) is 82.5 Å². The summed E-state index contributed by atoms with van der Waals surface area (Å²) in [5.74, 6) is 0.841. The molecule has 0 aromatic heterocycles. The number of nitrogens with one attached hydrogen (secondary N) is 1.